The number of halogens is 1. The predicted octanol–water partition coefficient (Wildman–Crippen LogP) is 2.05. The van der Waals surface area contributed by atoms with Gasteiger partial charge in [-0.2, -0.15) is 0 Å². The van der Waals surface area contributed by atoms with Crippen LogP contribution in [0.5, 0.6) is 0 Å². The summed E-state index contributed by atoms with van der Waals surface area (Å²) < 4.78 is 1.70. The van der Waals surface area contributed by atoms with Gasteiger partial charge >= 0.3 is 0 Å². The normalized spacial score (nSPS) is 16.9. The maximum absolute atomic E-state index is 12.4. The highest BCUT2D eigenvalue weighted by Gasteiger charge is 2.15. The second kappa shape index (κ2) is 5.31. The van der Waals surface area contributed by atoms with Crippen molar-refractivity contribution in [2.45, 2.75) is 19.4 Å². The number of nitrogens with one attached hydrogen (secondary N) is 1. The lowest BCUT2D eigenvalue weighted by Crippen LogP contribution is -2.32. The quantitative estimate of drug-likeness (QED) is 0.914. The number of nitrogens with zero attached hydrogens (tertiary/aromatic N) is 2. The Morgan fingerprint density at radius 1 is 1.37 bits per heavy atom. The average molecular weight is 278 g/mol. The van der Waals surface area contributed by atoms with Gasteiger partial charge in [-0.15, -0.1) is 0 Å². The van der Waals surface area contributed by atoms with Gasteiger partial charge in [0.2, 0.25) is 0 Å². The summed E-state index contributed by atoms with van der Waals surface area (Å²) >= 11 is 6.11. The molecule has 2 aromatic rings. The van der Waals surface area contributed by atoms with E-state index in [0.717, 1.165) is 32.5 Å². The summed E-state index contributed by atoms with van der Waals surface area (Å²) in [5.41, 5.74) is 0.633. The lowest BCUT2D eigenvalue weighted by atomic mass is 9.98. The predicted molar refractivity (Wildman–Crippen MR) is 76.6 cm³/mol. The van der Waals surface area contributed by atoms with Crippen molar-refractivity contribution in [2.75, 3.05) is 13.1 Å². The number of hydrogen-bond donors (Lipinski definition) is 1. The van der Waals surface area contributed by atoms with Gasteiger partial charge in [0.1, 0.15) is 0 Å². The topological polar surface area (TPSA) is 46.9 Å². The molecular weight excluding hydrogens is 262 g/mol. The molecule has 0 radical (unpaired) electrons. The van der Waals surface area contributed by atoms with E-state index < -0.39 is 0 Å². The van der Waals surface area contributed by atoms with E-state index in [1.807, 2.05) is 12.1 Å². The minimum atomic E-state index is -0.0332. The van der Waals surface area contributed by atoms with E-state index in [-0.39, 0.29) is 5.56 Å². The fourth-order valence-electron chi connectivity index (χ4n) is 2.63. The average Bonchev–Trinajstić information content (AvgIpc) is 2.43. The zero-order chi connectivity index (χ0) is 13.2. The van der Waals surface area contributed by atoms with Crippen LogP contribution < -0.4 is 10.9 Å². The van der Waals surface area contributed by atoms with E-state index in [4.69, 9.17) is 11.6 Å². The molecule has 0 unspecified atom stereocenters. The van der Waals surface area contributed by atoms with Crippen LogP contribution in [0.25, 0.3) is 10.9 Å². The van der Waals surface area contributed by atoms with Crippen LogP contribution in [-0.2, 0) is 6.54 Å². The van der Waals surface area contributed by atoms with Gasteiger partial charge in [0.05, 0.1) is 22.3 Å². The third kappa shape index (κ3) is 2.51. The molecule has 0 amide bonds. The highest BCUT2D eigenvalue weighted by molar-refractivity contribution is 6.35. The third-order valence-electron chi connectivity index (χ3n) is 3.72. The van der Waals surface area contributed by atoms with Gasteiger partial charge in [-0.1, -0.05) is 17.7 Å². The zero-order valence-electron chi connectivity index (χ0n) is 10.6. The number of aromatic nitrogens is 2. The molecular formula is C14H16ClN3O. The van der Waals surface area contributed by atoms with Gasteiger partial charge < -0.3 is 5.32 Å². The molecule has 2 heterocycles. The highest BCUT2D eigenvalue weighted by Crippen LogP contribution is 2.19. The molecule has 0 atom stereocenters. The Morgan fingerprint density at radius 3 is 2.95 bits per heavy atom. The molecule has 100 valence electrons. The molecule has 19 heavy (non-hydrogen) atoms. The molecule has 1 N–H and O–H groups in total. The van der Waals surface area contributed by atoms with Gasteiger partial charge in [0.15, 0.2) is 0 Å². The Hall–Kier alpha value is -1.39. The van der Waals surface area contributed by atoms with E-state index in [2.05, 4.69) is 10.3 Å². The van der Waals surface area contributed by atoms with Crippen LogP contribution in [-0.4, -0.2) is 22.6 Å². The summed E-state index contributed by atoms with van der Waals surface area (Å²) in [6, 6.07) is 5.37. The second-order valence-electron chi connectivity index (χ2n) is 5.03. The van der Waals surface area contributed by atoms with Crippen LogP contribution in [0.1, 0.15) is 12.8 Å². The number of fused-ring (bicyclic) bond motifs is 1. The van der Waals surface area contributed by atoms with Crippen molar-refractivity contribution >= 4 is 22.5 Å². The summed E-state index contributed by atoms with van der Waals surface area (Å²) in [4.78, 5) is 16.8. The monoisotopic (exact) mass is 277 g/mol. The first kappa shape index (κ1) is 12.6. The first-order valence-electron chi connectivity index (χ1n) is 6.60. The molecule has 4 nitrogen and oxygen atoms in total. The molecule has 1 aliphatic rings. The minimum Gasteiger partial charge on any atom is -0.317 e. The molecule has 0 bridgehead atoms. The maximum Gasteiger partial charge on any atom is 0.262 e. The molecule has 1 saturated heterocycles. The van der Waals surface area contributed by atoms with Gasteiger partial charge in [-0.25, -0.2) is 4.98 Å². The fraction of sp³-hybridized carbons (Fsp3) is 0.429. The number of piperidine rings is 1. The number of rotatable bonds is 2. The lowest BCUT2D eigenvalue weighted by Gasteiger charge is -2.23. The van der Waals surface area contributed by atoms with Crippen molar-refractivity contribution in [3.8, 4) is 0 Å². The van der Waals surface area contributed by atoms with Crippen LogP contribution in [0.15, 0.2) is 29.3 Å². The molecule has 0 saturated carbocycles. The molecule has 1 fully saturated rings. The van der Waals surface area contributed by atoms with Crippen molar-refractivity contribution < 1.29 is 0 Å². The van der Waals surface area contributed by atoms with Gasteiger partial charge in [0, 0.05) is 6.54 Å². The minimum absolute atomic E-state index is 0.0332. The Bertz CT molecular complexity index is 647. The molecule has 0 aliphatic carbocycles. The summed E-state index contributed by atoms with van der Waals surface area (Å²) in [6.07, 6.45) is 3.85. The maximum atomic E-state index is 12.4. The Balaban J connectivity index is 1.98. The van der Waals surface area contributed by atoms with Crippen LogP contribution in [0.3, 0.4) is 0 Å². The summed E-state index contributed by atoms with van der Waals surface area (Å²) in [7, 11) is 0. The lowest BCUT2D eigenvalue weighted by molar-refractivity contribution is 0.329. The van der Waals surface area contributed by atoms with E-state index in [9.17, 15) is 4.79 Å². The molecule has 1 aromatic heterocycles. The van der Waals surface area contributed by atoms with Crippen molar-refractivity contribution in [2.24, 2.45) is 5.92 Å². The van der Waals surface area contributed by atoms with E-state index >= 15 is 0 Å². The van der Waals surface area contributed by atoms with Crippen molar-refractivity contribution in [1.29, 1.82) is 0 Å². The number of benzene rings is 1. The number of hydrogen-bond acceptors (Lipinski definition) is 3. The van der Waals surface area contributed by atoms with Crippen LogP contribution >= 0.6 is 11.6 Å². The fourth-order valence-corrected chi connectivity index (χ4v) is 2.88. The van der Waals surface area contributed by atoms with Crippen molar-refractivity contribution in [1.82, 2.24) is 14.9 Å². The van der Waals surface area contributed by atoms with Gasteiger partial charge in [-0.05, 0) is 44.0 Å². The van der Waals surface area contributed by atoms with E-state index in [1.54, 1.807) is 17.0 Å². The summed E-state index contributed by atoms with van der Waals surface area (Å²) in [5, 5.41) is 4.34. The third-order valence-corrected chi connectivity index (χ3v) is 4.03. The van der Waals surface area contributed by atoms with E-state index in [0.29, 0.717) is 21.8 Å². The molecule has 1 aliphatic heterocycles. The largest absolute Gasteiger partial charge is 0.317 e. The van der Waals surface area contributed by atoms with Crippen LogP contribution in [0.4, 0.5) is 0 Å². The first-order chi connectivity index (χ1) is 9.25. The van der Waals surface area contributed by atoms with Crippen molar-refractivity contribution in [3.63, 3.8) is 0 Å². The van der Waals surface area contributed by atoms with Gasteiger partial charge in [0.25, 0.3) is 5.56 Å². The SMILES string of the molecule is O=c1c2c(Cl)cccc2ncn1CC1CCNCC1. The molecule has 1 aromatic carbocycles. The zero-order valence-corrected chi connectivity index (χ0v) is 11.4. The molecule has 3 rings (SSSR count). The summed E-state index contributed by atoms with van der Waals surface area (Å²) in [6.45, 7) is 2.79. The Morgan fingerprint density at radius 2 is 2.16 bits per heavy atom. The van der Waals surface area contributed by atoms with Gasteiger partial charge in [-0.3, -0.25) is 9.36 Å². The van der Waals surface area contributed by atoms with Crippen LogP contribution in [0, 0.1) is 5.92 Å². The van der Waals surface area contributed by atoms with Crippen LogP contribution in [0.2, 0.25) is 5.02 Å². The Kier molecular flexibility index (Phi) is 3.53. The second-order valence-corrected chi connectivity index (χ2v) is 5.44. The van der Waals surface area contributed by atoms with Crippen molar-refractivity contribution in [3.05, 3.63) is 39.9 Å². The smallest absolute Gasteiger partial charge is 0.262 e. The molecule has 0 spiro atoms. The first-order valence-corrected chi connectivity index (χ1v) is 6.98. The van der Waals surface area contributed by atoms with E-state index in [1.165, 1.54) is 0 Å². The molecule has 5 heteroatoms. The standard InChI is InChI=1S/C14H16ClN3O/c15-11-2-1-3-12-13(11)14(19)18(9-17-12)8-10-4-6-16-7-5-10/h1-3,9-10,16H,4-8H2. The Labute approximate surface area is 116 Å². The summed E-state index contributed by atoms with van der Waals surface area (Å²) in [5.74, 6) is 0.542. The highest BCUT2D eigenvalue weighted by atomic mass is 35.5.